The molecule has 0 radical (unpaired) electrons. The summed E-state index contributed by atoms with van der Waals surface area (Å²) in [5.41, 5.74) is 7.05. The summed E-state index contributed by atoms with van der Waals surface area (Å²) < 4.78 is 0. The van der Waals surface area contributed by atoms with Crippen molar-refractivity contribution in [3.05, 3.63) is 58.2 Å². The monoisotopic (exact) mass is 296 g/mol. The summed E-state index contributed by atoms with van der Waals surface area (Å²) in [5, 5.41) is 0. The third-order valence-electron chi connectivity index (χ3n) is 5.19. The lowest BCUT2D eigenvalue weighted by atomic mass is 9.67. The molecule has 1 aliphatic rings. The quantitative estimate of drug-likeness (QED) is 0.585. The van der Waals surface area contributed by atoms with Crippen LogP contribution in [0.1, 0.15) is 65.4 Å². The largest absolute Gasteiger partial charge is 0.303 e. The van der Waals surface area contributed by atoms with Crippen molar-refractivity contribution in [2.75, 3.05) is 0 Å². The first-order valence-corrected chi connectivity index (χ1v) is 8.65. The van der Waals surface area contributed by atoms with Gasteiger partial charge < -0.3 is 4.79 Å². The van der Waals surface area contributed by atoms with Gasteiger partial charge in [0.15, 0.2) is 0 Å². The van der Waals surface area contributed by atoms with Crippen LogP contribution in [-0.4, -0.2) is 6.29 Å². The standard InChI is InChI=1S/C21H28O/c1-5-17-18(6-2)20(8-4)21(14-15-22,19(17)7-3)16-12-10-9-11-13-16/h9-13,15H,5-8,14H2,1-4H3. The number of benzene rings is 1. The zero-order valence-electron chi connectivity index (χ0n) is 14.4. The fraction of sp³-hybridized carbons (Fsp3) is 0.476. The smallest absolute Gasteiger partial charge is 0.121 e. The van der Waals surface area contributed by atoms with E-state index in [0.717, 1.165) is 32.0 Å². The highest BCUT2D eigenvalue weighted by molar-refractivity contribution is 5.68. The summed E-state index contributed by atoms with van der Waals surface area (Å²) in [6, 6.07) is 10.6. The van der Waals surface area contributed by atoms with E-state index in [1.165, 1.54) is 27.9 Å². The summed E-state index contributed by atoms with van der Waals surface area (Å²) in [6.07, 6.45) is 5.82. The third kappa shape index (κ3) is 2.37. The van der Waals surface area contributed by atoms with Gasteiger partial charge in [-0.3, -0.25) is 0 Å². The predicted octanol–water partition coefficient (Wildman–Crippen LogP) is 5.76. The molecule has 1 heteroatoms. The molecule has 1 nitrogen and oxygen atoms in total. The maximum atomic E-state index is 11.6. The fourth-order valence-electron chi connectivity index (χ4n) is 4.51. The van der Waals surface area contributed by atoms with Crippen molar-refractivity contribution >= 4 is 6.29 Å². The van der Waals surface area contributed by atoms with Crippen molar-refractivity contribution in [2.24, 2.45) is 0 Å². The van der Waals surface area contributed by atoms with E-state index in [4.69, 9.17) is 0 Å². The van der Waals surface area contributed by atoms with Crippen molar-refractivity contribution < 1.29 is 4.79 Å². The number of hydrogen-bond donors (Lipinski definition) is 0. The molecule has 0 atom stereocenters. The van der Waals surface area contributed by atoms with E-state index in [0.29, 0.717) is 6.42 Å². The molecule has 2 rings (SSSR count). The van der Waals surface area contributed by atoms with Crippen molar-refractivity contribution in [3.63, 3.8) is 0 Å². The van der Waals surface area contributed by atoms with E-state index in [2.05, 4.69) is 58.0 Å². The van der Waals surface area contributed by atoms with E-state index in [1.807, 2.05) is 0 Å². The van der Waals surface area contributed by atoms with Crippen LogP contribution in [0.25, 0.3) is 0 Å². The molecule has 0 saturated carbocycles. The maximum Gasteiger partial charge on any atom is 0.121 e. The Balaban J connectivity index is 2.82. The molecule has 0 fully saturated rings. The van der Waals surface area contributed by atoms with Gasteiger partial charge in [-0.05, 0) is 42.4 Å². The summed E-state index contributed by atoms with van der Waals surface area (Å²) in [7, 11) is 0. The lowest BCUT2D eigenvalue weighted by Gasteiger charge is -2.35. The molecule has 0 aliphatic heterocycles. The highest BCUT2D eigenvalue weighted by Crippen LogP contribution is 2.54. The molecule has 22 heavy (non-hydrogen) atoms. The van der Waals surface area contributed by atoms with Crippen LogP contribution in [0.4, 0.5) is 0 Å². The second-order valence-corrected chi connectivity index (χ2v) is 5.97. The minimum Gasteiger partial charge on any atom is -0.303 e. The number of carbonyl (C=O) groups is 1. The minimum absolute atomic E-state index is 0.191. The molecule has 1 aromatic rings. The molecular formula is C21H28O. The molecular weight excluding hydrogens is 268 g/mol. The number of hydrogen-bond acceptors (Lipinski definition) is 1. The number of aldehydes is 1. The van der Waals surface area contributed by atoms with Crippen LogP contribution in [0.15, 0.2) is 52.6 Å². The lowest BCUT2D eigenvalue weighted by Crippen LogP contribution is -2.30. The second-order valence-electron chi connectivity index (χ2n) is 5.97. The van der Waals surface area contributed by atoms with E-state index < -0.39 is 0 Å². The molecule has 0 amide bonds. The van der Waals surface area contributed by atoms with Gasteiger partial charge in [0.2, 0.25) is 0 Å². The first kappa shape index (κ1) is 16.7. The van der Waals surface area contributed by atoms with Crippen molar-refractivity contribution in [1.82, 2.24) is 0 Å². The Hall–Kier alpha value is -1.63. The number of rotatable bonds is 7. The Kier molecular flexibility index (Phi) is 5.39. The first-order chi connectivity index (χ1) is 10.7. The Morgan fingerprint density at radius 1 is 0.818 bits per heavy atom. The van der Waals surface area contributed by atoms with Crippen LogP contribution in [0.5, 0.6) is 0 Å². The molecule has 1 aliphatic carbocycles. The summed E-state index contributed by atoms with van der Waals surface area (Å²) in [5.74, 6) is 0. The first-order valence-electron chi connectivity index (χ1n) is 8.65. The van der Waals surface area contributed by atoms with Crippen molar-refractivity contribution in [1.29, 1.82) is 0 Å². The van der Waals surface area contributed by atoms with Gasteiger partial charge in [-0.15, -0.1) is 0 Å². The van der Waals surface area contributed by atoms with Gasteiger partial charge in [-0.1, -0.05) is 69.2 Å². The summed E-state index contributed by atoms with van der Waals surface area (Å²) >= 11 is 0. The molecule has 1 aromatic carbocycles. The van der Waals surface area contributed by atoms with E-state index >= 15 is 0 Å². The number of carbonyl (C=O) groups excluding carboxylic acids is 1. The topological polar surface area (TPSA) is 17.1 Å². The molecule has 0 aromatic heterocycles. The van der Waals surface area contributed by atoms with E-state index in [9.17, 15) is 4.79 Å². The molecule has 118 valence electrons. The zero-order chi connectivity index (χ0) is 16.2. The Morgan fingerprint density at radius 2 is 1.32 bits per heavy atom. The van der Waals surface area contributed by atoms with E-state index in [-0.39, 0.29) is 5.41 Å². The van der Waals surface area contributed by atoms with Gasteiger partial charge in [0.25, 0.3) is 0 Å². The normalized spacial score (nSPS) is 17.3. The molecule has 0 bridgehead atoms. The Morgan fingerprint density at radius 3 is 1.68 bits per heavy atom. The molecule has 0 unspecified atom stereocenters. The van der Waals surface area contributed by atoms with Gasteiger partial charge in [0, 0.05) is 11.8 Å². The molecule has 0 heterocycles. The average Bonchev–Trinajstić information content (AvgIpc) is 2.84. The SMILES string of the molecule is CCC1=C(CC)C(CC=O)(c2ccccc2)C(CC)=C1CC. The highest BCUT2D eigenvalue weighted by atomic mass is 16.1. The Bertz CT molecular complexity index is 562. The van der Waals surface area contributed by atoms with Crippen molar-refractivity contribution in [3.8, 4) is 0 Å². The summed E-state index contributed by atoms with van der Waals surface area (Å²) in [4.78, 5) is 11.6. The lowest BCUT2D eigenvalue weighted by molar-refractivity contribution is -0.108. The van der Waals surface area contributed by atoms with Gasteiger partial charge >= 0.3 is 0 Å². The van der Waals surface area contributed by atoms with Crippen LogP contribution in [-0.2, 0) is 10.2 Å². The van der Waals surface area contributed by atoms with Crippen LogP contribution < -0.4 is 0 Å². The predicted molar refractivity (Wildman–Crippen MR) is 94.0 cm³/mol. The van der Waals surface area contributed by atoms with Gasteiger partial charge in [0.05, 0.1) is 0 Å². The van der Waals surface area contributed by atoms with Crippen LogP contribution >= 0.6 is 0 Å². The maximum absolute atomic E-state index is 11.6. The highest BCUT2D eigenvalue weighted by Gasteiger charge is 2.44. The van der Waals surface area contributed by atoms with Gasteiger partial charge in [-0.2, -0.15) is 0 Å². The minimum atomic E-state index is -0.191. The fourth-order valence-corrected chi connectivity index (χ4v) is 4.51. The zero-order valence-corrected chi connectivity index (χ0v) is 14.4. The molecule has 0 saturated heterocycles. The van der Waals surface area contributed by atoms with Crippen LogP contribution in [0, 0.1) is 0 Å². The van der Waals surface area contributed by atoms with E-state index in [1.54, 1.807) is 0 Å². The molecule has 0 spiro atoms. The molecule has 0 N–H and O–H groups in total. The van der Waals surface area contributed by atoms with Crippen molar-refractivity contribution in [2.45, 2.75) is 65.2 Å². The Labute approximate surface area is 135 Å². The number of allylic oxidation sites excluding steroid dienone is 4. The van der Waals surface area contributed by atoms with Gasteiger partial charge in [-0.25, -0.2) is 0 Å². The van der Waals surface area contributed by atoms with Crippen LogP contribution in [0.3, 0.4) is 0 Å². The second kappa shape index (κ2) is 7.09. The average molecular weight is 296 g/mol. The van der Waals surface area contributed by atoms with Crippen LogP contribution in [0.2, 0.25) is 0 Å². The third-order valence-corrected chi connectivity index (χ3v) is 5.19. The summed E-state index contributed by atoms with van der Waals surface area (Å²) in [6.45, 7) is 8.96. The van der Waals surface area contributed by atoms with Gasteiger partial charge in [0.1, 0.15) is 6.29 Å².